The van der Waals surface area contributed by atoms with Gasteiger partial charge in [0.2, 0.25) is 0 Å². The molecule has 0 spiro atoms. The number of benzene rings is 2. The number of hydrogen-bond donors (Lipinski definition) is 0. The van der Waals surface area contributed by atoms with Crippen LogP contribution in [0.4, 0.5) is 0 Å². The molecule has 32 heavy (non-hydrogen) atoms. The molecule has 0 atom stereocenters. The van der Waals surface area contributed by atoms with Crippen molar-refractivity contribution in [1.82, 2.24) is 0 Å². The van der Waals surface area contributed by atoms with Gasteiger partial charge in [0.1, 0.15) is 0 Å². The third-order valence-electron chi connectivity index (χ3n) is 3.97. The van der Waals surface area contributed by atoms with Crippen molar-refractivity contribution in [3.8, 4) is 0 Å². The van der Waals surface area contributed by atoms with Gasteiger partial charge in [0.15, 0.2) is 0 Å². The van der Waals surface area contributed by atoms with Crippen LogP contribution in [-0.2, 0) is 59.7 Å². The second kappa shape index (κ2) is 13.5. The van der Waals surface area contributed by atoms with Crippen LogP contribution in [-0.4, -0.2) is 26.4 Å². The van der Waals surface area contributed by atoms with Gasteiger partial charge in [-0.3, -0.25) is 9.13 Å². The van der Waals surface area contributed by atoms with E-state index < -0.39 is 15.2 Å². The zero-order valence-electron chi connectivity index (χ0n) is 18.7. The molecule has 0 aliphatic rings. The van der Waals surface area contributed by atoms with Gasteiger partial charge >= 0.3 is 15.2 Å². The molecule has 0 bridgehead atoms. The van der Waals surface area contributed by atoms with Crippen LogP contribution in [0.3, 0.4) is 0 Å². The summed E-state index contributed by atoms with van der Waals surface area (Å²) in [5.41, 5.74) is 1.33. The summed E-state index contributed by atoms with van der Waals surface area (Å²) in [4.78, 5) is 19.5. The standard InChI is InChI=1S/C20H30O10P2/c1-5-23-27-31(21,28-24-6-2)15-17-13-14-18(20-12-10-9-11-19(17)20)16-32(22,29-25-7-3)30-26-8-4/h9-14H,5-8,15-16H2,1-4H3. The van der Waals surface area contributed by atoms with E-state index in [0.29, 0.717) is 11.1 Å². The molecule has 0 N–H and O–H groups in total. The third kappa shape index (κ3) is 8.01. The van der Waals surface area contributed by atoms with Gasteiger partial charge in [-0.2, -0.15) is 0 Å². The fourth-order valence-electron chi connectivity index (χ4n) is 2.78. The van der Waals surface area contributed by atoms with Crippen molar-refractivity contribution in [3.05, 3.63) is 47.5 Å². The predicted molar refractivity (Wildman–Crippen MR) is 117 cm³/mol. The maximum absolute atomic E-state index is 13.1. The Bertz CT molecular complexity index is 837. The normalized spacial score (nSPS) is 12.5. The van der Waals surface area contributed by atoms with Crippen LogP contribution in [0.15, 0.2) is 36.4 Å². The Hall–Kier alpha value is -1.16. The molecule has 0 radical (unpaired) electrons. The van der Waals surface area contributed by atoms with Crippen molar-refractivity contribution < 1.29 is 47.4 Å². The maximum atomic E-state index is 13.1. The lowest BCUT2D eigenvalue weighted by Crippen LogP contribution is -2.04. The van der Waals surface area contributed by atoms with E-state index in [2.05, 4.69) is 0 Å². The van der Waals surface area contributed by atoms with Crippen LogP contribution in [0.1, 0.15) is 38.8 Å². The van der Waals surface area contributed by atoms with Crippen molar-refractivity contribution in [2.45, 2.75) is 40.0 Å². The second-order valence-corrected chi connectivity index (χ2v) is 10.1. The van der Waals surface area contributed by atoms with Crippen LogP contribution in [0.5, 0.6) is 0 Å². The fourth-order valence-corrected chi connectivity index (χ4v) is 5.49. The van der Waals surface area contributed by atoms with Gasteiger partial charge in [0.05, 0.1) is 38.8 Å². The lowest BCUT2D eigenvalue weighted by atomic mass is 10.0. The van der Waals surface area contributed by atoms with Crippen molar-refractivity contribution in [3.63, 3.8) is 0 Å². The fraction of sp³-hybridized carbons (Fsp3) is 0.500. The average molecular weight is 492 g/mol. The first-order valence-corrected chi connectivity index (χ1v) is 13.8. The molecule has 2 aromatic carbocycles. The molecule has 0 aromatic heterocycles. The highest BCUT2D eigenvalue weighted by molar-refractivity contribution is 7.53. The Morgan fingerprint density at radius 1 is 0.562 bits per heavy atom. The molecule has 10 nitrogen and oxygen atoms in total. The smallest absolute Gasteiger partial charge is 0.255 e. The summed E-state index contributed by atoms with van der Waals surface area (Å²) in [6.45, 7) is 7.54. The van der Waals surface area contributed by atoms with Gasteiger partial charge in [-0.1, -0.05) is 36.4 Å². The largest absolute Gasteiger partial charge is 0.388 e. The van der Waals surface area contributed by atoms with E-state index >= 15 is 0 Å². The molecule has 0 amide bonds. The third-order valence-corrected chi connectivity index (χ3v) is 6.76. The first-order chi connectivity index (χ1) is 15.4. The molecular weight excluding hydrogens is 462 g/mol. The highest BCUT2D eigenvalue weighted by Crippen LogP contribution is 2.55. The zero-order valence-corrected chi connectivity index (χ0v) is 20.5. The van der Waals surface area contributed by atoms with Crippen molar-refractivity contribution in [1.29, 1.82) is 0 Å². The molecule has 0 saturated heterocycles. The first-order valence-electron chi connectivity index (χ1n) is 10.3. The van der Waals surface area contributed by atoms with Crippen molar-refractivity contribution in [2.75, 3.05) is 26.4 Å². The van der Waals surface area contributed by atoms with Gasteiger partial charge in [-0.25, -0.2) is 19.6 Å². The Balaban J connectivity index is 2.39. The summed E-state index contributed by atoms with van der Waals surface area (Å²) in [6.07, 6.45) is -0.202. The molecule has 180 valence electrons. The lowest BCUT2D eigenvalue weighted by Gasteiger charge is -2.19. The molecule has 2 aromatic rings. The predicted octanol–water partition coefficient (Wildman–Crippen LogP) is 6.10. The molecule has 0 unspecified atom stereocenters. The van der Waals surface area contributed by atoms with E-state index in [0.717, 1.165) is 10.8 Å². The van der Waals surface area contributed by atoms with Gasteiger partial charge < -0.3 is 0 Å². The van der Waals surface area contributed by atoms with Crippen molar-refractivity contribution in [2.24, 2.45) is 0 Å². The first kappa shape index (κ1) is 27.1. The van der Waals surface area contributed by atoms with Crippen molar-refractivity contribution >= 4 is 26.0 Å². The molecule has 0 aliphatic heterocycles. The highest BCUT2D eigenvalue weighted by atomic mass is 31.2. The van der Waals surface area contributed by atoms with Crippen LogP contribution in [0.25, 0.3) is 10.8 Å². The minimum absolute atomic E-state index is 0.101. The van der Waals surface area contributed by atoms with Crippen LogP contribution in [0, 0.1) is 0 Å². The zero-order chi connectivity index (χ0) is 23.5. The minimum Gasteiger partial charge on any atom is -0.255 e. The van der Waals surface area contributed by atoms with Gasteiger partial charge in [0, 0.05) is 0 Å². The van der Waals surface area contributed by atoms with E-state index in [1.165, 1.54) is 0 Å². The summed E-state index contributed by atoms with van der Waals surface area (Å²) in [5.74, 6) is 0. The second-order valence-electron chi connectivity index (χ2n) is 6.39. The topological polar surface area (TPSA) is 108 Å². The monoisotopic (exact) mass is 492 g/mol. The van der Waals surface area contributed by atoms with Gasteiger partial charge in [0.25, 0.3) is 0 Å². The summed E-state index contributed by atoms with van der Waals surface area (Å²) in [6, 6.07) is 10.8. The van der Waals surface area contributed by atoms with Gasteiger partial charge in [-0.15, -0.1) is 18.7 Å². The van der Waals surface area contributed by atoms with Crippen LogP contribution < -0.4 is 0 Å². The molecule has 0 aliphatic carbocycles. The Kier molecular flexibility index (Phi) is 11.4. The summed E-state index contributed by atoms with van der Waals surface area (Å²) < 4.78 is 46.3. The molecule has 12 heteroatoms. The molecule has 0 fully saturated rings. The number of fused-ring (bicyclic) bond motifs is 1. The van der Waals surface area contributed by atoms with E-state index in [1.807, 2.05) is 24.3 Å². The molecular formula is C20H30O10P2. The van der Waals surface area contributed by atoms with E-state index in [4.69, 9.17) is 38.2 Å². The SMILES string of the molecule is CCOOP(=O)(Cc1ccc(CP(=O)(OOCC)OOCC)c2ccccc12)OOCC. The Morgan fingerprint density at radius 3 is 1.16 bits per heavy atom. The summed E-state index contributed by atoms with van der Waals surface area (Å²) in [5, 5.41) is 1.51. The average Bonchev–Trinajstić information content (AvgIpc) is 2.81. The van der Waals surface area contributed by atoms with Crippen LogP contribution >= 0.6 is 15.2 Å². The van der Waals surface area contributed by atoms with E-state index in [1.54, 1.807) is 39.8 Å². The summed E-state index contributed by atoms with van der Waals surface area (Å²) in [7, 11) is -7.51. The Morgan fingerprint density at radius 2 is 0.875 bits per heavy atom. The quantitative estimate of drug-likeness (QED) is 0.155. The van der Waals surface area contributed by atoms with Gasteiger partial charge in [-0.05, 0) is 49.6 Å². The Labute approximate surface area is 187 Å². The van der Waals surface area contributed by atoms with E-state index in [-0.39, 0.29) is 38.8 Å². The minimum atomic E-state index is -3.75. The number of rotatable bonds is 16. The number of hydrogen-bond acceptors (Lipinski definition) is 10. The molecule has 0 saturated carbocycles. The van der Waals surface area contributed by atoms with Crippen LogP contribution in [0.2, 0.25) is 0 Å². The summed E-state index contributed by atoms with van der Waals surface area (Å²) >= 11 is 0. The molecule has 0 heterocycles. The highest BCUT2D eigenvalue weighted by Gasteiger charge is 2.32. The lowest BCUT2D eigenvalue weighted by molar-refractivity contribution is -0.263. The molecule has 2 rings (SSSR count). The van der Waals surface area contributed by atoms with E-state index in [9.17, 15) is 9.13 Å². The maximum Gasteiger partial charge on any atom is 0.388 e.